The molecule has 1 aromatic rings. The zero-order valence-electron chi connectivity index (χ0n) is 17.9. The Bertz CT molecular complexity index is 1020. The van der Waals surface area contributed by atoms with Gasteiger partial charge in [-0.3, -0.25) is 28.9 Å². The number of rotatable bonds is 6. The van der Waals surface area contributed by atoms with Crippen LogP contribution in [0.1, 0.15) is 41.5 Å². The fourth-order valence-corrected chi connectivity index (χ4v) is 3.80. The largest absolute Gasteiger partial charge is 0.463 e. The summed E-state index contributed by atoms with van der Waals surface area (Å²) in [5.74, 6) is -3.77. The molecule has 13 heteroatoms. The Kier molecular flexibility index (Phi) is 6.95. The van der Waals surface area contributed by atoms with Crippen molar-refractivity contribution in [3.05, 3.63) is 45.8 Å². The number of imide groups is 1. The van der Waals surface area contributed by atoms with Crippen LogP contribution in [0.4, 0.5) is 0 Å². The molecule has 3 rings (SSSR count). The van der Waals surface area contributed by atoms with E-state index in [1.54, 1.807) is 12.1 Å². The van der Waals surface area contributed by atoms with Crippen LogP contribution in [-0.2, 0) is 33.3 Å². The summed E-state index contributed by atoms with van der Waals surface area (Å²) in [6.07, 6.45) is -5.67. The topological polar surface area (TPSA) is 174 Å². The summed E-state index contributed by atoms with van der Waals surface area (Å²) < 4.78 is 21.3. The van der Waals surface area contributed by atoms with Gasteiger partial charge >= 0.3 is 17.9 Å². The second-order valence-corrected chi connectivity index (χ2v) is 7.24. The van der Waals surface area contributed by atoms with Crippen LogP contribution in [-0.4, -0.2) is 71.8 Å². The van der Waals surface area contributed by atoms with Gasteiger partial charge in [-0.2, -0.15) is 0 Å². The molecule has 2 heterocycles. The SMILES string of the molecule is CC(=O)OCC1O[C@@H](N=[N+]=[N-])C(N2C(=O)c3ccccc3C2=O)[C@@H](OC(C)=O)[C@H]1OC(C)=O. The normalized spacial score (nSPS) is 26.2. The summed E-state index contributed by atoms with van der Waals surface area (Å²) in [6.45, 7) is 2.85. The molecule has 2 unspecified atom stereocenters. The van der Waals surface area contributed by atoms with Gasteiger partial charge in [-0.15, -0.1) is 0 Å². The van der Waals surface area contributed by atoms with E-state index in [-0.39, 0.29) is 11.1 Å². The highest BCUT2D eigenvalue weighted by molar-refractivity contribution is 6.21. The van der Waals surface area contributed by atoms with E-state index in [9.17, 15) is 24.0 Å². The molecular formula is C20H20N4O9. The third kappa shape index (κ3) is 4.78. The molecule has 174 valence electrons. The fraction of sp³-hybridized carbons (Fsp3) is 0.450. The molecule has 1 saturated heterocycles. The minimum atomic E-state index is -1.55. The third-order valence-electron chi connectivity index (χ3n) is 4.98. The Morgan fingerprint density at radius 2 is 1.55 bits per heavy atom. The minimum absolute atomic E-state index is 0.0924. The number of hydrogen-bond donors (Lipinski definition) is 0. The molecule has 13 nitrogen and oxygen atoms in total. The standard InChI is InChI=1S/C20H20N4O9/c1-9(25)30-8-14-16(31-10(2)26)17(32-11(3)27)15(18(33-14)22-23-21)24-19(28)12-6-4-5-7-13(12)20(24)29/h4-7,14-18H,8H2,1-3H3/t14?,15?,16-,17+,18+/m0/s1. The van der Waals surface area contributed by atoms with E-state index < -0.39 is 66.9 Å². The molecule has 5 atom stereocenters. The number of nitrogens with zero attached hydrogens (tertiary/aromatic N) is 4. The van der Waals surface area contributed by atoms with Crippen molar-refractivity contribution >= 4 is 29.7 Å². The van der Waals surface area contributed by atoms with Crippen molar-refractivity contribution in [2.24, 2.45) is 5.11 Å². The highest BCUT2D eigenvalue weighted by atomic mass is 16.6. The molecular weight excluding hydrogens is 440 g/mol. The lowest BCUT2D eigenvalue weighted by atomic mass is 9.94. The lowest BCUT2D eigenvalue weighted by Crippen LogP contribution is -2.66. The summed E-state index contributed by atoms with van der Waals surface area (Å²) in [7, 11) is 0. The Balaban J connectivity index is 2.10. The van der Waals surface area contributed by atoms with E-state index in [2.05, 4.69) is 10.0 Å². The van der Waals surface area contributed by atoms with E-state index in [1.165, 1.54) is 12.1 Å². The van der Waals surface area contributed by atoms with Gasteiger partial charge in [-0.05, 0) is 17.7 Å². The maximum Gasteiger partial charge on any atom is 0.303 e. The van der Waals surface area contributed by atoms with Gasteiger partial charge in [0.15, 0.2) is 18.4 Å². The lowest BCUT2D eigenvalue weighted by Gasteiger charge is -2.46. The van der Waals surface area contributed by atoms with Crippen LogP contribution < -0.4 is 0 Å². The van der Waals surface area contributed by atoms with Gasteiger partial charge in [0.25, 0.3) is 11.8 Å². The van der Waals surface area contributed by atoms with E-state index in [0.29, 0.717) is 0 Å². The Labute approximate surface area is 187 Å². The lowest BCUT2D eigenvalue weighted by molar-refractivity contribution is -0.228. The van der Waals surface area contributed by atoms with Gasteiger partial charge in [0.05, 0.1) is 11.1 Å². The van der Waals surface area contributed by atoms with Gasteiger partial charge < -0.3 is 18.9 Å². The summed E-state index contributed by atoms with van der Waals surface area (Å²) in [6, 6.07) is 4.53. The van der Waals surface area contributed by atoms with Crippen LogP contribution in [0.5, 0.6) is 0 Å². The first kappa shape index (κ1) is 23.7. The highest BCUT2D eigenvalue weighted by Gasteiger charge is 2.56. The zero-order chi connectivity index (χ0) is 24.3. The second-order valence-electron chi connectivity index (χ2n) is 7.24. The number of fused-ring (bicyclic) bond motifs is 1. The molecule has 0 bridgehead atoms. The molecule has 2 aliphatic heterocycles. The molecule has 0 spiro atoms. The van der Waals surface area contributed by atoms with E-state index in [0.717, 1.165) is 25.7 Å². The minimum Gasteiger partial charge on any atom is -0.463 e. The van der Waals surface area contributed by atoms with Crippen molar-refractivity contribution in [2.45, 2.75) is 51.4 Å². The predicted octanol–water partition coefficient (Wildman–Crippen LogP) is 1.11. The highest BCUT2D eigenvalue weighted by Crippen LogP contribution is 2.35. The van der Waals surface area contributed by atoms with Crippen LogP contribution in [0.3, 0.4) is 0 Å². The number of carbonyl (C=O) groups excluding carboxylic acids is 5. The zero-order valence-corrected chi connectivity index (χ0v) is 17.9. The van der Waals surface area contributed by atoms with Crippen molar-refractivity contribution in [3.63, 3.8) is 0 Å². The third-order valence-corrected chi connectivity index (χ3v) is 4.98. The van der Waals surface area contributed by atoms with Gasteiger partial charge in [-0.25, -0.2) is 0 Å². The van der Waals surface area contributed by atoms with Crippen molar-refractivity contribution in [2.75, 3.05) is 6.61 Å². The maximum absolute atomic E-state index is 13.1. The number of carbonyl (C=O) groups is 5. The average molecular weight is 460 g/mol. The van der Waals surface area contributed by atoms with E-state index >= 15 is 0 Å². The average Bonchev–Trinajstić information content (AvgIpc) is 2.99. The van der Waals surface area contributed by atoms with Crippen molar-refractivity contribution in [1.29, 1.82) is 0 Å². The first-order chi connectivity index (χ1) is 15.6. The molecule has 0 saturated carbocycles. The van der Waals surface area contributed by atoms with Gasteiger partial charge in [0.2, 0.25) is 0 Å². The number of hydrogen-bond acceptors (Lipinski definition) is 10. The van der Waals surface area contributed by atoms with Crippen LogP contribution in [0, 0.1) is 0 Å². The summed E-state index contributed by atoms with van der Waals surface area (Å²) >= 11 is 0. The van der Waals surface area contributed by atoms with Crippen LogP contribution in [0.2, 0.25) is 0 Å². The second kappa shape index (κ2) is 9.67. The Morgan fingerprint density at radius 1 is 1.00 bits per heavy atom. The number of benzene rings is 1. The number of amides is 2. The smallest absolute Gasteiger partial charge is 0.303 e. The summed E-state index contributed by atoms with van der Waals surface area (Å²) in [4.78, 5) is 64.8. The van der Waals surface area contributed by atoms with Crippen LogP contribution in [0.15, 0.2) is 29.4 Å². The number of azide groups is 1. The van der Waals surface area contributed by atoms with E-state index in [4.69, 9.17) is 24.5 Å². The molecule has 0 radical (unpaired) electrons. The number of esters is 3. The van der Waals surface area contributed by atoms with Crippen molar-refractivity contribution in [3.8, 4) is 0 Å². The predicted molar refractivity (Wildman–Crippen MR) is 106 cm³/mol. The van der Waals surface area contributed by atoms with Crippen LogP contribution in [0.25, 0.3) is 10.4 Å². The molecule has 0 N–H and O–H groups in total. The van der Waals surface area contributed by atoms with Crippen LogP contribution >= 0.6 is 0 Å². The first-order valence-corrected chi connectivity index (χ1v) is 9.80. The molecule has 2 amide bonds. The van der Waals surface area contributed by atoms with E-state index in [1.807, 2.05) is 0 Å². The van der Waals surface area contributed by atoms with Gasteiger partial charge in [0.1, 0.15) is 18.8 Å². The first-order valence-electron chi connectivity index (χ1n) is 9.80. The number of ether oxygens (including phenoxy) is 4. The quantitative estimate of drug-likeness (QED) is 0.150. The molecule has 33 heavy (non-hydrogen) atoms. The van der Waals surface area contributed by atoms with Gasteiger partial charge in [0, 0.05) is 25.7 Å². The molecule has 1 aromatic carbocycles. The Hall–Kier alpha value is -3.96. The van der Waals surface area contributed by atoms with Crippen molar-refractivity contribution in [1.82, 2.24) is 4.90 Å². The summed E-state index contributed by atoms with van der Waals surface area (Å²) in [5.41, 5.74) is 9.26. The summed E-state index contributed by atoms with van der Waals surface area (Å²) in [5, 5.41) is 3.53. The van der Waals surface area contributed by atoms with Gasteiger partial charge in [-0.1, -0.05) is 17.2 Å². The van der Waals surface area contributed by atoms with Crippen molar-refractivity contribution < 1.29 is 42.9 Å². The maximum atomic E-state index is 13.1. The molecule has 0 aliphatic carbocycles. The molecule has 0 aromatic heterocycles. The fourth-order valence-electron chi connectivity index (χ4n) is 3.80. The monoisotopic (exact) mass is 460 g/mol. The molecule has 2 aliphatic rings. The molecule has 1 fully saturated rings. The Morgan fingerprint density at radius 3 is 2.03 bits per heavy atom.